The van der Waals surface area contributed by atoms with Gasteiger partial charge in [0.15, 0.2) is 23.0 Å². The molecule has 0 radical (unpaired) electrons. The molecule has 11 heteroatoms. The summed E-state index contributed by atoms with van der Waals surface area (Å²) in [5.41, 5.74) is 1.81. The molecule has 4 aromatic rings. The van der Waals surface area contributed by atoms with Crippen molar-refractivity contribution in [2.45, 2.75) is 0 Å². The predicted molar refractivity (Wildman–Crippen MR) is 161 cm³/mol. The van der Waals surface area contributed by atoms with Crippen LogP contribution in [0.2, 0.25) is 0 Å². The Morgan fingerprint density at radius 3 is 1.02 bits per heavy atom. The molecule has 224 valence electrons. The van der Waals surface area contributed by atoms with E-state index >= 15 is 0 Å². The van der Waals surface area contributed by atoms with Crippen LogP contribution in [0, 0.1) is 0 Å². The van der Waals surface area contributed by atoms with Crippen LogP contribution < -0.4 is 43.8 Å². The van der Waals surface area contributed by atoms with E-state index in [0.29, 0.717) is 68.5 Å². The van der Waals surface area contributed by atoms with E-state index in [-0.39, 0.29) is 11.8 Å². The van der Waals surface area contributed by atoms with Crippen molar-refractivity contribution in [3.63, 3.8) is 0 Å². The summed E-state index contributed by atoms with van der Waals surface area (Å²) in [7, 11) is 8.93. The fourth-order valence-electron chi connectivity index (χ4n) is 4.18. The lowest BCUT2D eigenvalue weighted by atomic mass is 10.1. The molecule has 0 bridgehead atoms. The van der Waals surface area contributed by atoms with E-state index in [0.717, 1.165) is 0 Å². The van der Waals surface area contributed by atoms with Gasteiger partial charge in [0.25, 0.3) is 11.8 Å². The molecule has 0 saturated heterocycles. The molecule has 4 rings (SSSR count). The Morgan fingerprint density at radius 1 is 0.465 bits per heavy atom. The summed E-state index contributed by atoms with van der Waals surface area (Å²) in [4.78, 5) is 25.8. The number of hydrogen-bond donors (Lipinski definition) is 2. The second-order valence-electron chi connectivity index (χ2n) is 8.89. The minimum absolute atomic E-state index is 0.340. The van der Waals surface area contributed by atoms with Crippen LogP contribution in [0.1, 0.15) is 20.7 Å². The number of carbonyl (C=O) groups excluding carboxylic acids is 2. The van der Waals surface area contributed by atoms with Crippen molar-refractivity contribution < 1.29 is 42.7 Å². The zero-order valence-electron chi connectivity index (χ0n) is 24.6. The lowest BCUT2D eigenvalue weighted by molar-refractivity contribution is 0.101. The molecule has 0 aliphatic carbocycles. The summed E-state index contributed by atoms with van der Waals surface area (Å²) in [6, 6.07) is 20.1. The number of methoxy groups -OCH3 is 6. The first-order chi connectivity index (χ1) is 20.8. The fraction of sp³-hybridized carbons (Fsp3) is 0.188. The Morgan fingerprint density at radius 2 is 0.767 bits per heavy atom. The molecule has 0 atom stereocenters. The van der Waals surface area contributed by atoms with Crippen molar-refractivity contribution in [2.75, 3.05) is 53.3 Å². The van der Waals surface area contributed by atoms with E-state index in [1.807, 2.05) is 0 Å². The standard InChI is InChI=1S/C32H32N2O9/c1-37-25-15-19(16-26(38-2)29(25)41-5)31(35)33-21-7-11-23(12-8-21)43-24-13-9-22(10-14-24)34-32(36)20-17-27(39-3)30(42-6)28(18-20)40-4/h7-18H,1-6H3,(H,33,35)(H,34,36). The Balaban J connectivity index is 1.38. The number of nitrogens with one attached hydrogen (secondary N) is 2. The molecule has 11 nitrogen and oxygen atoms in total. The molecule has 4 aromatic carbocycles. The Bertz CT molecular complexity index is 1420. The number of amides is 2. The van der Waals surface area contributed by atoms with Crippen molar-refractivity contribution >= 4 is 23.2 Å². The number of rotatable bonds is 12. The van der Waals surface area contributed by atoms with Gasteiger partial charge in [0.2, 0.25) is 11.5 Å². The third-order valence-corrected chi connectivity index (χ3v) is 6.31. The second kappa shape index (κ2) is 13.9. The van der Waals surface area contributed by atoms with E-state index in [1.54, 1.807) is 72.8 Å². The van der Waals surface area contributed by atoms with Gasteiger partial charge in [-0.3, -0.25) is 9.59 Å². The highest BCUT2D eigenvalue weighted by Crippen LogP contribution is 2.39. The van der Waals surface area contributed by atoms with E-state index in [9.17, 15) is 9.59 Å². The van der Waals surface area contributed by atoms with Gasteiger partial charge >= 0.3 is 0 Å². The molecule has 0 aliphatic rings. The normalized spacial score (nSPS) is 10.3. The van der Waals surface area contributed by atoms with Crippen LogP contribution in [0.25, 0.3) is 0 Å². The molecule has 0 heterocycles. The first kappa shape index (κ1) is 30.4. The second-order valence-corrected chi connectivity index (χ2v) is 8.89. The zero-order valence-corrected chi connectivity index (χ0v) is 24.6. The minimum Gasteiger partial charge on any atom is -0.493 e. The molecule has 0 aliphatic heterocycles. The van der Waals surface area contributed by atoms with E-state index in [1.165, 1.54) is 42.7 Å². The summed E-state index contributed by atoms with van der Waals surface area (Å²) in [5, 5.41) is 5.68. The maximum atomic E-state index is 12.9. The average Bonchev–Trinajstić information content (AvgIpc) is 3.04. The molecular formula is C32H32N2O9. The molecule has 2 N–H and O–H groups in total. The van der Waals surface area contributed by atoms with Gasteiger partial charge in [-0.15, -0.1) is 0 Å². The van der Waals surface area contributed by atoms with Gasteiger partial charge in [-0.2, -0.15) is 0 Å². The maximum absolute atomic E-state index is 12.9. The quantitative estimate of drug-likeness (QED) is 0.204. The SMILES string of the molecule is COc1cc(C(=O)Nc2ccc(Oc3ccc(NC(=O)c4cc(OC)c(OC)c(OC)c4)cc3)cc2)cc(OC)c1OC. The largest absolute Gasteiger partial charge is 0.493 e. The van der Waals surface area contributed by atoms with Gasteiger partial charge in [0, 0.05) is 22.5 Å². The van der Waals surface area contributed by atoms with Gasteiger partial charge in [0.05, 0.1) is 42.7 Å². The predicted octanol–water partition coefficient (Wildman–Crippen LogP) is 6.04. The molecule has 0 unspecified atom stereocenters. The molecule has 43 heavy (non-hydrogen) atoms. The van der Waals surface area contributed by atoms with Crippen LogP contribution in [-0.2, 0) is 0 Å². The Labute approximate surface area is 249 Å². The van der Waals surface area contributed by atoms with Gasteiger partial charge in [0.1, 0.15) is 11.5 Å². The smallest absolute Gasteiger partial charge is 0.255 e. The highest BCUT2D eigenvalue weighted by atomic mass is 16.5. The number of benzene rings is 4. The van der Waals surface area contributed by atoms with Crippen molar-refractivity contribution in [3.05, 3.63) is 83.9 Å². The number of anilines is 2. The van der Waals surface area contributed by atoms with Crippen LogP contribution in [0.4, 0.5) is 11.4 Å². The maximum Gasteiger partial charge on any atom is 0.255 e. The summed E-state index contributed by atoms with van der Waals surface area (Å²) in [6.45, 7) is 0. The zero-order chi connectivity index (χ0) is 30.9. The number of hydrogen-bond acceptors (Lipinski definition) is 9. The molecule has 0 saturated carbocycles. The lowest BCUT2D eigenvalue weighted by Gasteiger charge is -2.14. The van der Waals surface area contributed by atoms with Crippen LogP contribution >= 0.6 is 0 Å². The highest BCUT2D eigenvalue weighted by molar-refractivity contribution is 6.05. The van der Waals surface area contributed by atoms with Crippen molar-refractivity contribution in [3.8, 4) is 46.0 Å². The molecule has 2 amide bonds. The Kier molecular flexibility index (Phi) is 9.79. The monoisotopic (exact) mass is 588 g/mol. The minimum atomic E-state index is -0.350. The molecular weight excluding hydrogens is 556 g/mol. The fourth-order valence-corrected chi connectivity index (χ4v) is 4.18. The summed E-state index contributed by atoms with van der Waals surface area (Å²) in [6.07, 6.45) is 0. The third-order valence-electron chi connectivity index (χ3n) is 6.31. The van der Waals surface area contributed by atoms with Crippen LogP contribution in [-0.4, -0.2) is 54.5 Å². The van der Waals surface area contributed by atoms with Crippen molar-refractivity contribution in [1.29, 1.82) is 0 Å². The topological polar surface area (TPSA) is 123 Å². The van der Waals surface area contributed by atoms with E-state index in [2.05, 4.69) is 10.6 Å². The first-order valence-electron chi connectivity index (χ1n) is 12.9. The van der Waals surface area contributed by atoms with Gasteiger partial charge in [-0.1, -0.05) is 0 Å². The van der Waals surface area contributed by atoms with Crippen molar-refractivity contribution in [1.82, 2.24) is 0 Å². The summed E-state index contributed by atoms with van der Waals surface area (Å²) >= 11 is 0. The average molecular weight is 589 g/mol. The van der Waals surface area contributed by atoms with E-state index in [4.69, 9.17) is 33.2 Å². The molecule has 0 aromatic heterocycles. The third kappa shape index (κ3) is 7.02. The highest BCUT2D eigenvalue weighted by Gasteiger charge is 2.18. The molecule has 0 fully saturated rings. The van der Waals surface area contributed by atoms with Gasteiger partial charge < -0.3 is 43.8 Å². The summed E-state index contributed by atoms with van der Waals surface area (Å²) < 4.78 is 37.9. The summed E-state index contributed by atoms with van der Waals surface area (Å²) in [5.74, 6) is 2.72. The number of ether oxygens (including phenoxy) is 7. The van der Waals surface area contributed by atoms with Crippen LogP contribution in [0.15, 0.2) is 72.8 Å². The lowest BCUT2D eigenvalue weighted by Crippen LogP contribution is -2.12. The van der Waals surface area contributed by atoms with Crippen LogP contribution in [0.3, 0.4) is 0 Å². The van der Waals surface area contributed by atoms with Gasteiger partial charge in [-0.05, 0) is 72.8 Å². The molecule has 0 spiro atoms. The van der Waals surface area contributed by atoms with E-state index < -0.39 is 0 Å². The van der Waals surface area contributed by atoms with Crippen molar-refractivity contribution in [2.24, 2.45) is 0 Å². The van der Waals surface area contributed by atoms with Crippen LogP contribution in [0.5, 0.6) is 46.0 Å². The Hall–Kier alpha value is -5.58. The van der Waals surface area contributed by atoms with Gasteiger partial charge in [-0.25, -0.2) is 0 Å². The first-order valence-corrected chi connectivity index (χ1v) is 12.9. The number of carbonyl (C=O) groups is 2.